The summed E-state index contributed by atoms with van der Waals surface area (Å²) in [6, 6.07) is 15.2. The van der Waals surface area contributed by atoms with E-state index in [1.165, 1.54) is 30.8 Å². The Morgan fingerprint density at radius 2 is 1.59 bits per heavy atom. The molecule has 0 aromatic heterocycles. The summed E-state index contributed by atoms with van der Waals surface area (Å²) >= 11 is 0. The van der Waals surface area contributed by atoms with E-state index in [2.05, 4.69) is 32.0 Å². The minimum absolute atomic E-state index is 0.00200. The standard InChI is InChI=1S/C26H28N2O4/c1-15-9-8-12-18-13-19-14-26(23(29)27(3)25(31)28(4)24(26)30)22(17-10-6-5-7-11-17)32-21(19)16(2)20(15)18/h5-12,16,19,21-22H,13-14H2,1-4H3/t16-,19-,21+,22-/m0/s1. The largest absolute Gasteiger partial charge is 0.368 e. The quantitative estimate of drug-likeness (QED) is 0.643. The highest BCUT2D eigenvalue weighted by Crippen LogP contribution is 2.56. The van der Waals surface area contributed by atoms with Gasteiger partial charge in [0.15, 0.2) is 5.41 Å². The minimum Gasteiger partial charge on any atom is -0.368 e. The molecular weight excluding hydrogens is 404 g/mol. The normalized spacial score (nSPS) is 29.2. The molecule has 6 heteroatoms. The first-order valence-corrected chi connectivity index (χ1v) is 11.2. The number of aryl methyl sites for hydroxylation is 1. The van der Waals surface area contributed by atoms with Crippen molar-refractivity contribution < 1.29 is 19.1 Å². The molecule has 2 aliphatic heterocycles. The van der Waals surface area contributed by atoms with Crippen molar-refractivity contribution in [2.24, 2.45) is 11.3 Å². The molecule has 166 valence electrons. The molecular formula is C26H28N2O4. The second-order valence-corrected chi connectivity index (χ2v) is 9.48. The van der Waals surface area contributed by atoms with Gasteiger partial charge in [-0.2, -0.15) is 0 Å². The van der Waals surface area contributed by atoms with Crippen molar-refractivity contribution in [3.05, 3.63) is 70.8 Å². The molecule has 32 heavy (non-hydrogen) atoms. The van der Waals surface area contributed by atoms with Crippen LogP contribution in [-0.2, 0) is 20.7 Å². The molecule has 4 amide bonds. The Balaban J connectivity index is 1.67. The summed E-state index contributed by atoms with van der Waals surface area (Å²) in [6.07, 6.45) is 0.232. The highest BCUT2D eigenvalue weighted by molar-refractivity contribution is 6.19. The molecule has 3 aliphatic rings. The fourth-order valence-corrected chi connectivity index (χ4v) is 6.23. The maximum absolute atomic E-state index is 13.7. The van der Waals surface area contributed by atoms with Crippen LogP contribution < -0.4 is 0 Å². The second-order valence-electron chi connectivity index (χ2n) is 9.48. The Hall–Kier alpha value is -2.99. The third kappa shape index (κ3) is 2.72. The van der Waals surface area contributed by atoms with Crippen molar-refractivity contribution in [2.75, 3.05) is 14.1 Å². The van der Waals surface area contributed by atoms with Crippen LogP contribution in [0.5, 0.6) is 0 Å². The zero-order valence-corrected chi connectivity index (χ0v) is 18.9. The number of amides is 4. The summed E-state index contributed by atoms with van der Waals surface area (Å²) in [5, 5.41) is 0. The van der Waals surface area contributed by atoms with Crippen LogP contribution in [0, 0.1) is 18.3 Å². The van der Waals surface area contributed by atoms with Crippen molar-refractivity contribution in [2.45, 2.75) is 44.8 Å². The number of carbonyl (C=O) groups excluding carboxylic acids is 3. The average molecular weight is 433 g/mol. The third-order valence-electron chi connectivity index (χ3n) is 7.68. The molecule has 0 unspecified atom stereocenters. The molecule has 2 aromatic rings. The predicted molar refractivity (Wildman–Crippen MR) is 119 cm³/mol. The van der Waals surface area contributed by atoms with Crippen molar-refractivity contribution in [1.82, 2.24) is 9.80 Å². The molecule has 2 heterocycles. The molecule has 0 radical (unpaired) electrons. The van der Waals surface area contributed by atoms with Crippen molar-refractivity contribution in [3.63, 3.8) is 0 Å². The van der Waals surface area contributed by atoms with E-state index in [4.69, 9.17) is 4.74 Å². The van der Waals surface area contributed by atoms with Crippen molar-refractivity contribution in [3.8, 4) is 0 Å². The van der Waals surface area contributed by atoms with E-state index in [1.807, 2.05) is 30.3 Å². The van der Waals surface area contributed by atoms with Gasteiger partial charge in [-0.1, -0.05) is 55.5 Å². The molecule has 6 nitrogen and oxygen atoms in total. The number of barbiturate groups is 1. The van der Waals surface area contributed by atoms with E-state index in [0.29, 0.717) is 6.42 Å². The van der Waals surface area contributed by atoms with Crippen LogP contribution in [0.3, 0.4) is 0 Å². The van der Waals surface area contributed by atoms with E-state index in [-0.39, 0.29) is 17.9 Å². The topological polar surface area (TPSA) is 66.9 Å². The number of ether oxygens (including phenoxy) is 1. The molecule has 2 fully saturated rings. The van der Waals surface area contributed by atoms with E-state index in [0.717, 1.165) is 21.8 Å². The summed E-state index contributed by atoms with van der Waals surface area (Å²) in [5.41, 5.74) is 3.13. The summed E-state index contributed by atoms with van der Waals surface area (Å²) in [6.45, 7) is 4.30. The average Bonchev–Trinajstić information content (AvgIpc) is 2.80. The number of hydrogen-bond acceptors (Lipinski definition) is 4. The van der Waals surface area contributed by atoms with Gasteiger partial charge in [-0.15, -0.1) is 0 Å². The van der Waals surface area contributed by atoms with Crippen molar-refractivity contribution >= 4 is 17.8 Å². The molecule has 0 bridgehead atoms. The highest BCUT2D eigenvalue weighted by Gasteiger charge is 2.65. The smallest absolute Gasteiger partial charge is 0.332 e. The van der Waals surface area contributed by atoms with E-state index >= 15 is 0 Å². The van der Waals surface area contributed by atoms with Crippen molar-refractivity contribution in [1.29, 1.82) is 0 Å². The van der Waals surface area contributed by atoms with Crippen LogP contribution >= 0.6 is 0 Å². The van der Waals surface area contributed by atoms with Crippen LogP contribution in [0.4, 0.5) is 4.79 Å². The van der Waals surface area contributed by atoms with Crippen LogP contribution in [0.1, 0.15) is 47.6 Å². The van der Waals surface area contributed by atoms with Crippen LogP contribution in [0.2, 0.25) is 0 Å². The van der Waals surface area contributed by atoms with Gasteiger partial charge in [0.2, 0.25) is 11.8 Å². The molecule has 2 saturated heterocycles. The fraction of sp³-hybridized carbons (Fsp3) is 0.423. The summed E-state index contributed by atoms with van der Waals surface area (Å²) in [4.78, 5) is 42.0. The van der Waals surface area contributed by atoms with Gasteiger partial charge >= 0.3 is 6.03 Å². The maximum atomic E-state index is 13.7. The van der Waals surface area contributed by atoms with Gasteiger partial charge in [0.05, 0.1) is 6.10 Å². The zero-order valence-electron chi connectivity index (χ0n) is 18.9. The number of fused-ring (bicyclic) bond motifs is 2. The summed E-state index contributed by atoms with van der Waals surface area (Å²) < 4.78 is 6.76. The van der Waals surface area contributed by atoms with Crippen LogP contribution in [0.15, 0.2) is 48.5 Å². The Bertz CT molecular complexity index is 1090. The molecule has 4 atom stereocenters. The number of nitrogens with zero attached hydrogens (tertiary/aromatic N) is 2. The number of urea groups is 1. The first-order chi connectivity index (χ1) is 15.3. The first-order valence-electron chi connectivity index (χ1n) is 11.2. The molecule has 2 aromatic carbocycles. The van der Waals surface area contributed by atoms with E-state index in [9.17, 15) is 14.4 Å². The minimum atomic E-state index is -1.46. The Morgan fingerprint density at radius 1 is 0.938 bits per heavy atom. The Labute approximate surface area is 188 Å². The Morgan fingerprint density at radius 3 is 2.25 bits per heavy atom. The van der Waals surface area contributed by atoms with Gasteiger partial charge in [0.25, 0.3) is 0 Å². The second kappa shape index (κ2) is 7.27. The van der Waals surface area contributed by atoms with E-state index < -0.39 is 29.4 Å². The van der Waals surface area contributed by atoms with Crippen LogP contribution in [-0.4, -0.2) is 47.8 Å². The number of rotatable bonds is 1. The predicted octanol–water partition coefficient (Wildman–Crippen LogP) is 3.84. The van der Waals surface area contributed by atoms with E-state index in [1.54, 1.807) is 0 Å². The lowest BCUT2D eigenvalue weighted by molar-refractivity contribution is -0.200. The van der Waals surface area contributed by atoms with Gasteiger partial charge in [0, 0.05) is 20.0 Å². The van der Waals surface area contributed by atoms with Gasteiger partial charge in [-0.05, 0) is 47.9 Å². The Kier molecular flexibility index (Phi) is 4.75. The summed E-state index contributed by atoms with van der Waals surface area (Å²) in [7, 11) is 2.90. The van der Waals surface area contributed by atoms with Gasteiger partial charge in [0.1, 0.15) is 6.10 Å². The number of imide groups is 2. The van der Waals surface area contributed by atoms with Gasteiger partial charge < -0.3 is 4.74 Å². The molecule has 1 aliphatic carbocycles. The fourth-order valence-electron chi connectivity index (χ4n) is 6.23. The lowest BCUT2D eigenvalue weighted by atomic mass is 9.61. The van der Waals surface area contributed by atoms with Crippen LogP contribution in [0.25, 0.3) is 0 Å². The lowest BCUT2D eigenvalue weighted by Gasteiger charge is -2.54. The van der Waals surface area contributed by atoms with Gasteiger partial charge in [-0.25, -0.2) is 4.79 Å². The first kappa shape index (κ1) is 20.9. The molecule has 0 N–H and O–H groups in total. The van der Waals surface area contributed by atoms with Gasteiger partial charge in [-0.3, -0.25) is 19.4 Å². The highest BCUT2D eigenvalue weighted by atomic mass is 16.5. The number of benzene rings is 2. The monoisotopic (exact) mass is 432 g/mol. The SMILES string of the molecule is Cc1cccc2c1[C@H](C)[C@H]1O[C@@H](c3ccccc3)C3(C[C@@H]1C2)C(=O)N(C)C(=O)N(C)C3=O. The molecule has 0 saturated carbocycles. The number of hydrogen-bond donors (Lipinski definition) is 0. The maximum Gasteiger partial charge on any atom is 0.332 e. The summed E-state index contributed by atoms with van der Waals surface area (Å²) in [5.74, 6) is -0.803. The molecule has 1 spiro atoms. The lowest BCUT2D eigenvalue weighted by Crippen LogP contribution is -2.68. The zero-order chi connectivity index (χ0) is 22.8. The number of carbonyl (C=O) groups is 3. The molecule has 5 rings (SSSR count). The third-order valence-corrected chi connectivity index (χ3v) is 7.68.